The molecule has 2 aromatic carbocycles. The monoisotopic (exact) mass is 687 g/mol. The first kappa shape index (κ1) is 35.3. The predicted molar refractivity (Wildman–Crippen MR) is 195 cm³/mol. The van der Waals surface area contributed by atoms with Crippen LogP contribution in [-0.2, 0) is 23.7 Å². The number of imidazole rings is 1. The summed E-state index contributed by atoms with van der Waals surface area (Å²) in [6.45, 7) is 11.4. The second kappa shape index (κ2) is 15.2. The lowest BCUT2D eigenvalue weighted by Gasteiger charge is -2.34. The number of methoxy groups -OCH3 is 1. The first-order valence-corrected chi connectivity index (χ1v) is 16.9. The molecule has 2 N–H and O–H groups in total. The highest BCUT2D eigenvalue weighted by Gasteiger charge is 2.24. The molecule has 0 bridgehead atoms. The maximum Gasteiger partial charge on any atom is 0.258 e. The van der Waals surface area contributed by atoms with Gasteiger partial charge in [-0.25, -0.2) is 9.37 Å². The average Bonchev–Trinajstić information content (AvgIpc) is 3.73. The van der Waals surface area contributed by atoms with Gasteiger partial charge in [0.25, 0.3) is 5.91 Å². The number of hydrogen-bond acceptors (Lipinski definition) is 8. The van der Waals surface area contributed by atoms with Crippen molar-refractivity contribution < 1.29 is 13.9 Å². The van der Waals surface area contributed by atoms with Crippen molar-refractivity contribution in [3.8, 4) is 17.9 Å². The van der Waals surface area contributed by atoms with E-state index in [2.05, 4.69) is 48.4 Å². The van der Waals surface area contributed by atoms with Gasteiger partial charge in [-0.2, -0.15) is 10.4 Å². The van der Waals surface area contributed by atoms with E-state index >= 15 is 4.39 Å². The summed E-state index contributed by atoms with van der Waals surface area (Å²) in [5, 5.41) is 20.4. The van der Waals surface area contributed by atoms with E-state index in [0.717, 1.165) is 55.2 Å². The molecule has 3 aromatic heterocycles. The van der Waals surface area contributed by atoms with Gasteiger partial charge in [0.15, 0.2) is 5.65 Å². The third kappa shape index (κ3) is 8.27. The molecule has 1 fully saturated rings. The molecule has 1 saturated heterocycles. The van der Waals surface area contributed by atoms with Gasteiger partial charge < -0.3 is 15.4 Å². The van der Waals surface area contributed by atoms with Crippen molar-refractivity contribution in [2.75, 3.05) is 57.1 Å². The van der Waals surface area contributed by atoms with Gasteiger partial charge in [-0.3, -0.25) is 23.7 Å². The number of nitrogens with zero attached hydrogens (tertiary/aromatic N) is 7. The van der Waals surface area contributed by atoms with E-state index in [0.29, 0.717) is 41.3 Å². The molecule has 4 heterocycles. The maximum absolute atomic E-state index is 15.4. The number of aromatic nitrogens is 4. The van der Waals surface area contributed by atoms with E-state index < -0.39 is 17.1 Å². The lowest BCUT2D eigenvalue weighted by atomic mass is 9.85. The molecule has 5 aromatic rings. The number of nitriles is 1. The van der Waals surface area contributed by atoms with Gasteiger partial charge in [-0.1, -0.05) is 12.0 Å². The molecule has 51 heavy (non-hydrogen) atoms. The Morgan fingerprint density at radius 3 is 2.57 bits per heavy atom. The Morgan fingerprint density at radius 1 is 1.06 bits per heavy atom. The number of amides is 1. The van der Waals surface area contributed by atoms with Crippen LogP contribution < -0.4 is 10.6 Å². The van der Waals surface area contributed by atoms with Crippen LogP contribution in [0.1, 0.15) is 52.2 Å². The molecule has 6 rings (SSSR count). The summed E-state index contributed by atoms with van der Waals surface area (Å²) in [6.07, 6.45) is 7.15. The predicted octanol–water partition coefficient (Wildman–Crippen LogP) is 5.48. The zero-order valence-corrected chi connectivity index (χ0v) is 29.6. The standard InChI is InChI=1S/C39H42FN9O2/c1-27-17-35(40)34(20-29(27)8-9-33-23-42-37-36(7-6-10-49(33)37)44-32-22-43-46(4)25-32)38(50)45-31-19-28(18-30(21-31)39(2,3)26-41)24-48-13-11-47(12-14-48)15-16-51-5/h6-7,10,17-23,25,44H,11-16,24H2,1-5H3,(H,45,50). The largest absolute Gasteiger partial charge is 0.383 e. The van der Waals surface area contributed by atoms with Crippen LogP contribution in [0, 0.1) is 35.9 Å². The van der Waals surface area contributed by atoms with Gasteiger partial charge >= 0.3 is 0 Å². The Labute approximate surface area is 297 Å². The number of fused-ring (bicyclic) bond motifs is 1. The maximum atomic E-state index is 15.4. The topological polar surface area (TPSA) is 116 Å². The van der Waals surface area contributed by atoms with Gasteiger partial charge in [-0.15, -0.1) is 0 Å². The fourth-order valence-electron chi connectivity index (χ4n) is 6.08. The zero-order chi connectivity index (χ0) is 36.1. The second-order valence-corrected chi connectivity index (χ2v) is 13.4. The fourth-order valence-corrected chi connectivity index (χ4v) is 6.08. The van der Waals surface area contributed by atoms with Crippen molar-refractivity contribution in [3.63, 3.8) is 0 Å². The van der Waals surface area contributed by atoms with Gasteiger partial charge in [0.2, 0.25) is 0 Å². The number of carbonyl (C=O) groups is 1. The summed E-state index contributed by atoms with van der Waals surface area (Å²) in [5.74, 6) is 5.04. The summed E-state index contributed by atoms with van der Waals surface area (Å²) in [6, 6.07) is 14.7. The van der Waals surface area contributed by atoms with E-state index in [4.69, 9.17) is 4.74 Å². The number of anilines is 3. The molecule has 262 valence electrons. The number of pyridine rings is 1. The van der Waals surface area contributed by atoms with Crippen molar-refractivity contribution in [3.05, 3.63) is 107 Å². The van der Waals surface area contributed by atoms with Gasteiger partial charge in [0, 0.05) is 77.1 Å². The molecular formula is C39H42FN9O2. The van der Waals surface area contributed by atoms with Crippen LogP contribution in [0.3, 0.4) is 0 Å². The highest BCUT2D eigenvalue weighted by Crippen LogP contribution is 2.28. The van der Waals surface area contributed by atoms with Crippen LogP contribution in [0.5, 0.6) is 0 Å². The van der Waals surface area contributed by atoms with Gasteiger partial charge in [0.05, 0.1) is 47.4 Å². The molecule has 1 aliphatic rings. The first-order valence-electron chi connectivity index (χ1n) is 16.9. The van der Waals surface area contributed by atoms with E-state index in [1.54, 1.807) is 37.2 Å². The Hall–Kier alpha value is -5.53. The molecule has 0 unspecified atom stereocenters. The quantitative estimate of drug-likeness (QED) is 0.186. The van der Waals surface area contributed by atoms with Crippen LogP contribution in [0.25, 0.3) is 5.65 Å². The number of benzene rings is 2. The van der Waals surface area contributed by atoms with Crippen molar-refractivity contribution in [2.24, 2.45) is 7.05 Å². The number of rotatable bonds is 10. The third-order valence-electron chi connectivity index (χ3n) is 9.14. The number of carbonyl (C=O) groups excluding carboxylic acids is 1. The number of nitrogens with one attached hydrogen (secondary N) is 2. The molecule has 1 amide bonds. The smallest absolute Gasteiger partial charge is 0.258 e. The van der Waals surface area contributed by atoms with E-state index in [1.165, 1.54) is 12.1 Å². The second-order valence-electron chi connectivity index (χ2n) is 13.4. The molecule has 0 saturated carbocycles. The van der Waals surface area contributed by atoms with Crippen LogP contribution >= 0.6 is 0 Å². The molecule has 1 aliphatic heterocycles. The van der Waals surface area contributed by atoms with Gasteiger partial charge in [0.1, 0.15) is 11.5 Å². The lowest BCUT2D eigenvalue weighted by Crippen LogP contribution is -2.46. The fraction of sp³-hybridized carbons (Fsp3) is 0.333. The summed E-state index contributed by atoms with van der Waals surface area (Å²) in [7, 11) is 3.56. The Morgan fingerprint density at radius 2 is 1.84 bits per heavy atom. The molecule has 0 radical (unpaired) electrons. The summed E-state index contributed by atoms with van der Waals surface area (Å²) < 4.78 is 24.2. The minimum Gasteiger partial charge on any atom is -0.383 e. The normalized spacial score (nSPS) is 13.8. The van der Waals surface area contributed by atoms with Crippen molar-refractivity contribution in [1.29, 1.82) is 5.26 Å². The number of ether oxygens (including phenoxy) is 1. The van der Waals surface area contributed by atoms with E-state index in [9.17, 15) is 10.1 Å². The van der Waals surface area contributed by atoms with Crippen LogP contribution in [-0.4, -0.2) is 81.3 Å². The molecule has 0 aliphatic carbocycles. The number of halogens is 1. The number of hydrogen-bond donors (Lipinski definition) is 2. The van der Waals surface area contributed by atoms with Crippen LogP contribution in [0.15, 0.2) is 67.3 Å². The number of piperazine rings is 1. The zero-order valence-electron chi connectivity index (χ0n) is 29.6. The SMILES string of the molecule is COCCN1CCN(Cc2cc(NC(=O)c3cc(C#Cc4cnc5c(Nc6cnn(C)c6)cccn45)c(C)cc3F)cc(C(C)(C)C#N)c2)CC1. The average molecular weight is 688 g/mol. The molecular weight excluding hydrogens is 645 g/mol. The lowest BCUT2D eigenvalue weighted by molar-refractivity contribution is 0.0938. The molecule has 0 spiro atoms. The van der Waals surface area contributed by atoms with Crippen LogP contribution in [0.2, 0.25) is 0 Å². The van der Waals surface area contributed by atoms with Crippen molar-refractivity contribution >= 4 is 28.6 Å². The summed E-state index contributed by atoms with van der Waals surface area (Å²) >= 11 is 0. The minimum absolute atomic E-state index is 0.121. The molecule has 0 atom stereocenters. The highest BCUT2D eigenvalue weighted by atomic mass is 19.1. The number of aryl methyl sites for hydroxylation is 2. The van der Waals surface area contributed by atoms with Crippen molar-refractivity contribution in [1.82, 2.24) is 29.0 Å². The summed E-state index contributed by atoms with van der Waals surface area (Å²) in [5.41, 5.74) is 5.41. The van der Waals surface area contributed by atoms with E-state index in [-0.39, 0.29) is 5.56 Å². The first-order chi connectivity index (χ1) is 24.5. The Balaban J connectivity index is 1.22. The molecule has 12 heteroatoms. The van der Waals surface area contributed by atoms with Gasteiger partial charge in [-0.05, 0) is 79.8 Å². The van der Waals surface area contributed by atoms with Crippen molar-refractivity contribution in [2.45, 2.75) is 32.7 Å². The Kier molecular flexibility index (Phi) is 10.5. The Bertz CT molecular complexity index is 2160. The third-order valence-corrected chi connectivity index (χ3v) is 9.14. The van der Waals surface area contributed by atoms with Crippen LogP contribution in [0.4, 0.5) is 21.5 Å². The summed E-state index contributed by atoms with van der Waals surface area (Å²) in [4.78, 5) is 22.9. The minimum atomic E-state index is -0.792. The highest BCUT2D eigenvalue weighted by molar-refractivity contribution is 6.05. The van der Waals surface area contributed by atoms with E-state index in [1.807, 2.05) is 62.0 Å². The molecule has 11 nitrogen and oxygen atoms in total.